The molecule has 1 heterocycles. The zero-order valence-electron chi connectivity index (χ0n) is 18.5. The molecule has 0 radical (unpaired) electrons. The van der Waals surface area contributed by atoms with Gasteiger partial charge < -0.3 is 20.6 Å². The lowest BCUT2D eigenvalue weighted by atomic mass is 10.1. The second-order valence-electron chi connectivity index (χ2n) is 7.81. The number of hydrogen-bond acceptors (Lipinski definition) is 6. The molecular formula is C25H23N5O3. The first-order valence-corrected chi connectivity index (χ1v) is 10.3. The highest BCUT2D eigenvalue weighted by Crippen LogP contribution is 2.24. The summed E-state index contributed by atoms with van der Waals surface area (Å²) in [5.74, 6) is -0.788. The van der Waals surface area contributed by atoms with Gasteiger partial charge in [-0.3, -0.25) is 9.59 Å². The van der Waals surface area contributed by atoms with Crippen molar-refractivity contribution in [3.05, 3.63) is 83.7 Å². The fraction of sp³-hybridized carbons (Fsp3) is 0.120. The fourth-order valence-electron chi connectivity index (χ4n) is 3.34. The van der Waals surface area contributed by atoms with E-state index in [0.717, 1.165) is 11.3 Å². The summed E-state index contributed by atoms with van der Waals surface area (Å²) in [7, 11) is 3.83. The number of carbonyl (C=O) groups excluding carboxylic acids is 2. The SMILES string of the molecule is Cc1ccc(NC(=O)c2cccc(N(C)C)c2)cc1NC(=O)c1ccc2ncnc(O)c2c1. The van der Waals surface area contributed by atoms with E-state index in [0.29, 0.717) is 33.4 Å². The molecule has 8 nitrogen and oxygen atoms in total. The van der Waals surface area contributed by atoms with Crippen LogP contribution in [0.3, 0.4) is 0 Å². The minimum absolute atomic E-state index is 0.186. The first kappa shape index (κ1) is 21.8. The number of carbonyl (C=O) groups is 2. The van der Waals surface area contributed by atoms with E-state index in [-0.39, 0.29) is 17.7 Å². The predicted octanol–water partition coefficient (Wildman–Crippen LogP) is 4.21. The van der Waals surface area contributed by atoms with Gasteiger partial charge >= 0.3 is 0 Å². The maximum absolute atomic E-state index is 12.9. The van der Waals surface area contributed by atoms with Gasteiger partial charge in [0.05, 0.1) is 10.9 Å². The van der Waals surface area contributed by atoms with E-state index in [1.807, 2.05) is 50.2 Å². The van der Waals surface area contributed by atoms with Crippen molar-refractivity contribution >= 4 is 39.8 Å². The topological polar surface area (TPSA) is 107 Å². The molecule has 0 bridgehead atoms. The number of aromatic nitrogens is 2. The van der Waals surface area contributed by atoms with Crippen LogP contribution in [0.15, 0.2) is 67.0 Å². The predicted molar refractivity (Wildman–Crippen MR) is 129 cm³/mol. The molecule has 0 fully saturated rings. The lowest BCUT2D eigenvalue weighted by Crippen LogP contribution is -2.15. The van der Waals surface area contributed by atoms with Crippen molar-refractivity contribution < 1.29 is 14.7 Å². The molecule has 4 rings (SSSR count). The Bertz CT molecular complexity index is 1370. The highest BCUT2D eigenvalue weighted by Gasteiger charge is 2.13. The zero-order chi connectivity index (χ0) is 23.5. The van der Waals surface area contributed by atoms with Crippen LogP contribution in [0.2, 0.25) is 0 Å². The number of anilines is 3. The Morgan fingerprint density at radius 1 is 0.879 bits per heavy atom. The Morgan fingerprint density at radius 2 is 1.64 bits per heavy atom. The van der Waals surface area contributed by atoms with Crippen LogP contribution < -0.4 is 15.5 Å². The molecule has 2 amide bonds. The van der Waals surface area contributed by atoms with Crippen LogP contribution >= 0.6 is 0 Å². The van der Waals surface area contributed by atoms with E-state index in [2.05, 4.69) is 20.6 Å². The summed E-state index contributed by atoms with van der Waals surface area (Å²) in [4.78, 5) is 35.3. The van der Waals surface area contributed by atoms with E-state index < -0.39 is 0 Å². The second-order valence-corrected chi connectivity index (χ2v) is 7.81. The minimum atomic E-state index is -0.356. The molecular weight excluding hydrogens is 418 g/mol. The Morgan fingerprint density at radius 3 is 2.42 bits per heavy atom. The van der Waals surface area contributed by atoms with Gasteiger partial charge in [0.2, 0.25) is 5.88 Å². The third-order valence-corrected chi connectivity index (χ3v) is 5.24. The number of hydrogen-bond donors (Lipinski definition) is 3. The average Bonchev–Trinajstić information content (AvgIpc) is 2.81. The maximum atomic E-state index is 12.9. The van der Waals surface area contributed by atoms with E-state index in [4.69, 9.17) is 0 Å². The number of nitrogens with one attached hydrogen (secondary N) is 2. The van der Waals surface area contributed by atoms with Gasteiger partial charge in [-0.05, 0) is 61.0 Å². The molecule has 0 aliphatic carbocycles. The maximum Gasteiger partial charge on any atom is 0.255 e. The Balaban J connectivity index is 1.54. The van der Waals surface area contributed by atoms with Crippen LogP contribution in [0.25, 0.3) is 10.9 Å². The van der Waals surface area contributed by atoms with E-state index >= 15 is 0 Å². The Kier molecular flexibility index (Phi) is 5.91. The molecule has 3 N–H and O–H groups in total. The number of aryl methyl sites for hydroxylation is 1. The van der Waals surface area contributed by atoms with Gasteiger partial charge in [-0.1, -0.05) is 12.1 Å². The van der Waals surface area contributed by atoms with Gasteiger partial charge in [-0.15, -0.1) is 0 Å². The number of amides is 2. The van der Waals surface area contributed by atoms with Gasteiger partial charge in [0.15, 0.2) is 0 Å². The molecule has 0 aliphatic heterocycles. The molecule has 4 aromatic rings. The minimum Gasteiger partial charge on any atom is -0.493 e. The van der Waals surface area contributed by atoms with Gasteiger partial charge in [-0.2, -0.15) is 0 Å². The van der Waals surface area contributed by atoms with E-state index in [1.54, 1.807) is 36.4 Å². The van der Waals surface area contributed by atoms with Crippen LogP contribution in [0.1, 0.15) is 26.3 Å². The average molecular weight is 441 g/mol. The first-order valence-electron chi connectivity index (χ1n) is 10.3. The zero-order valence-corrected chi connectivity index (χ0v) is 18.5. The molecule has 8 heteroatoms. The van der Waals surface area contributed by atoms with Crippen LogP contribution in [0.4, 0.5) is 17.1 Å². The number of nitrogens with zero attached hydrogens (tertiary/aromatic N) is 3. The highest BCUT2D eigenvalue weighted by molar-refractivity contribution is 6.08. The summed E-state index contributed by atoms with van der Waals surface area (Å²) in [6, 6.07) is 17.4. The van der Waals surface area contributed by atoms with Gasteiger partial charge in [0.1, 0.15) is 6.33 Å². The number of aromatic hydroxyl groups is 1. The molecule has 166 valence electrons. The molecule has 0 aliphatic rings. The van der Waals surface area contributed by atoms with Crippen molar-refractivity contribution in [1.29, 1.82) is 0 Å². The highest BCUT2D eigenvalue weighted by atomic mass is 16.3. The van der Waals surface area contributed by atoms with Crippen molar-refractivity contribution in [2.75, 3.05) is 29.6 Å². The van der Waals surface area contributed by atoms with Gasteiger partial charge in [0, 0.05) is 42.3 Å². The summed E-state index contributed by atoms with van der Waals surface area (Å²) in [5.41, 5.74) is 4.30. The van der Waals surface area contributed by atoms with Gasteiger partial charge in [-0.25, -0.2) is 9.97 Å². The summed E-state index contributed by atoms with van der Waals surface area (Å²) >= 11 is 0. The standard InChI is InChI=1S/C25H23N5O3/c1-15-7-9-18(28-23(31)16-5-4-6-19(11-16)30(2)3)13-22(15)29-24(32)17-8-10-21-20(12-17)25(33)27-14-26-21/h4-14H,1-3H3,(H,28,31)(H,29,32)(H,26,27,33). The van der Waals surface area contributed by atoms with Crippen molar-refractivity contribution in [3.63, 3.8) is 0 Å². The van der Waals surface area contributed by atoms with Crippen LogP contribution in [-0.2, 0) is 0 Å². The molecule has 1 aromatic heterocycles. The lowest BCUT2D eigenvalue weighted by Gasteiger charge is -2.14. The largest absolute Gasteiger partial charge is 0.493 e. The van der Waals surface area contributed by atoms with E-state index in [9.17, 15) is 14.7 Å². The number of fused-ring (bicyclic) bond motifs is 1. The molecule has 3 aromatic carbocycles. The first-order chi connectivity index (χ1) is 15.8. The molecule has 0 saturated carbocycles. The molecule has 0 unspecified atom stereocenters. The number of rotatable bonds is 5. The molecule has 0 saturated heterocycles. The molecule has 0 spiro atoms. The summed E-state index contributed by atoms with van der Waals surface area (Å²) in [5, 5.41) is 16.1. The lowest BCUT2D eigenvalue weighted by molar-refractivity contribution is 0.101. The summed E-state index contributed by atoms with van der Waals surface area (Å²) < 4.78 is 0. The molecule has 33 heavy (non-hydrogen) atoms. The Labute approximate surface area is 190 Å². The third-order valence-electron chi connectivity index (χ3n) is 5.24. The second kappa shape index (κ2) is 8.96. The van der Waals surface area contributed by atoms with Gasteiger partial charge in [0.25, 0.3) is 11.8 Å². The quantitative estimate of drug-likeness (QED) is 0.428. The summed E-state index contributed by atoms with van der Waals surface area (Å²) in [6.07, 6.45) is 1.26. The summed E-state index contributed by atoms with van der Waals surface area (Å²) in [6.45, 7) is 1.86. The molecule has 0 atom stereocenters. The van der Waals surface area contributed by atoms with Crippen molar-refractivity contribution in [2.24, 2.45) is 0 Å². The fourth-order valence-corrected chi connectivity index (χ4v) is 3.34. The van der Waals surface area contributed by atoms with E-state index in [1.165, 1.54) is 6.33 Å². The van der Waals surface area contributed by atoms with Crippen LogP contribution in [0.5, 0.6) is 5.88 Å². The van der Waals surface area contributed by atoms with Crippen molar-refractivity contribution in [3.8, 4) is 5.88 Å². The van der Waals surface area contributed by atoms with Crippen molar-refractivity contribution in [1.82, 2.24) is 9.97 Å². The third kappa shape index (κ3) is 4.74. The normalized spacial score (nSPS) is 10.6. The van der Waals surface area contributed by atoms with Crippen molar-refractivity contribution in [2.45, 2.75) is 6.92 Å². The monoisotopic (exact) mass is 441 g/mol. The Hall–Kier alpha value is -4.46. The van der Waals surface area contributed by atoms with Crippen LogP contribution in [0, 0.1) is 6.92 Å². The number of benzene rings is 3. The van der Waals surface area contributed by atoms with Crippen LogP contribution in [-0.4, -0.2) is 41.0 Å². The smallest absolute Gasteiger partial charge is 0.255 e.